The highest BCUT2D eigenvalue weighted by Crippen LogP contribution is 2.52. The third kappa shape index (κ3) is 4.62. The lowest BCUT2D eigenvalue weighted by Crippen LogP contribution is -2.33. The van der Waals surface area contributed by atoms with E-state index >= 15 is 0 Å². The van der Waals surface area contributed by atoms with Crippen molar-refractivity contribution in [1.82, 2.24) is 10.2 Å². The Kier molecular flexibility index (Phi) is 6.35. The van der Waals surface area contributed by atoms with Crippen molar-refractivity contribution in [3.05, 3.63) is 94.0 Å². The van der Waals surface area contributed by atoms with Gasteiger partial charge in [0.05, 0.1) is 7.11 Å². The fraction of sp³-hybridized carbons (Fsp3) is 0.314. The van der Waals surface area contributed by atoms with Crippen LogP contribution in [0.2, 0.25) is 0 Å². The molecular weight excluding hydrogens is 544 g/mol. The Balaban J connectivity index is 1.33. The van der Waals surface area contributed by atoms with E-state index in [0.717, 1.165) is 61.2 Å². The van der Waals surface area contributed by atoms with Crippen molar-refractivity contribution in [1.29, 1.82) is 0 Å². The third-order valence-electron chi connectivity index (χ3n) is 9.18. The second-order valence-electron chi connectivity index (χ2n) is 11.8. The molecule has 0 saturated heterocycles. The van der Waals surface area contributed by atoms with Crippen LogP contribution in [-0.4, -0.2) is 44.0 Å². The Hall–Kier alpha value is -4.40. The maximum Gasteiger partial charge on any atom is 0.231 e. The van der Waals surface area contributed by atoms with E-state index in [1.165, 1.54) is 16.7 Å². The molecule has 4 aromatic rings. The van der Waals surface area contributed by atoms with Crippen molar-refractivity contribution in [2.24, 2.45) is 0 Å². The zero-order valence-corrected chi connectivity index (χ0v) is 24.3. The van der Waals surface area contributed by atoms with E-state index in [1.54, 1.807) is 13.2 Å². The number of fused-ring (bicyclic) bond motifs is 3. The molecule has 0 aliphatic carbocycles. The van der Waals surface area contributed by atoms with Gasteiger partial charge in [-0.1, -0.05) is 18.2 Å². The number of nitrogens with one attached hydrogen (secondary N) is 1. The highest BCUT2D eigenvalue weighted by Gasteiger charge is 2.34. The molecule has 2 unspecified atom stereocenters. The summed E-state index contributed by atoms with van der Waals surface area (Å²) in [7, 11) is 3.85. The SMILES string of the molecule is COc1cc2c3cc1Oc1c4c(cc5c1C(Cc1ccc(cc1)Oc1cc(ccc1O)CC3N(C)CC2)NCC5)OCO4. The smallest absolute Gasteiger partial charge is 0.231 e. The summed E-state index contributed by atoms with van der Waals surface area (Å²) in [5.41, 5.74) is 6.95. The number of phenols is 1. The number of rotatable bonds is 1. The second kappa shape index (κ2) is 10.4. The van der Waals surface area contributed by atoms with Crippen molar-refractivity contribution in [2.45, 2.75) is 37.8 Å². The minimum Gasteiger partial charge on any atom is -0.504 e. The predicted molar refractivity (Wildman–Crippen MR) is 161 cm³/mol. The lowest BCUT2D eigenvalue weighted by molar-refractivity contribution is 0.171. The van der Waals surface area contributed by atoms with Crippen LogP contribution in [0.1, 0.15) is 45.5 Å². The number of ether oxygens (including phenoxy) is 5. The molecule has 8 heteroatoms. The van der Waals surface area contributed by atoms with Crippen LogP contribution in [0.3, 0.4) is 0 Å². The number of benzene rings is 4. The maximum absolute atomic E-state index is 10.6. The first kappa shape index (κ1) is 26.2. The molecule has 0 spiro atoms. The first-order chi connectivity index (χ1) is 21.0. The van der Waals surface area contributed by atoms with Crippen molar-refractivity contribution < 1.29 is 28.8 Å². The molecule has 8 nitrogen and oxygen atoms in total. The quantitative estimate of drug-likeness (QED) is 0.275. The van der Waals surface area contributed by atoms with Gasteiger partial charge in [0.1, 0.15) is 5.75 Å². The van der Waals surface area contributed by atoms with Crippen LogP contribution in [0.4, 0.5) is 0 Å². The fourth-order valence-corrected chi connectivity index (χ4v) is 6.92. The van der Waals surface area contributed by atoms with Crippen LogP contribution >= 0.6 is 0 Å². The Morgan fingerprint density at radius 1 is 0.837 bits per heavy atom. The monoisotopic (exact) mass is 578 g/mol. The van der Waals surface area contributed by atoms with E-state index in [0.29, 0.717) is 34.5 Å². The van der Waals surface area contributed by atoms with Crippen LogP contribution in [0.25, 0.3) is 0 Å². The number of hydrogen-bond donors (Lipinski definition) is 2. The zero-order valence-electron chi connectivity index (χ0n) is 24.3. The van der Waals surface area contributed by atoms with E-state index in [2.05, 4.69) is 47.6 Å². The van der Waals surface area contributed by atoms with Crippen molar-refractivity contribution in [2.75, 3.05) is 34.0 Å². The van der Waals surface area contributed by atoms with E-state index < -0.39 is 0 Å². The molecular formula is C35H34N2O6. The average molecular weight is 579 g/mol. The number of phenolic OH excluding ortho intramolecular Hbond substituents is 1. The molecule has 0 radical (unpaired) electrons. The molecule has 220 valence electrons. The number of methoxy groups -OCH3 is 1. The molecule has 5 heterocycles. The minimum absolute atomic E-state index is 0.00197. The highest BCUT2D eigenvalue weighted by atomic mass is 16.7. The van der Waals surface area contributed by atoms with Crippen LogP contribution in [-0.2, 0) is 25.7 Å². The van der Waals surface area contributed by atoms with Crippen LogP contribution in [0, 0.1) is 0 Å². The summed E-state index contributed by atoms with van der Waals surface area (Å²) >= 11 is 0. The predicted octanol–water partition coefficient (Wildman–Crippen LogP) is 6.23. The summed E-state index contributed by atoms with van der Waals surface area (Å²) in [4.78, 5) is 2.38. The Morgan fingerprint density at radius 3 is 2.56 bits per heavy atom. The standard InChI is InChI=1S/C35H34N2O6/c1-37-12-10-22-16-30(39-2)31-18-25(22)27(37)14-21-5-8-28(38)29(15-21)42-24-6-3-20(4-7-24)13-26-33-23(9-11-36-26)17-32-34(35(33)43-31)41-19-40-32/h3-8,15-18,26-27,36,38H,9-14,19H2,1-2H3. The van der Waals surface area contributed by atoms with Gasteiger partial charge in [0, 0.05) is 24.2 Å². The van der Waals surface area contributed by atoms with E-state index in [4.69, 9.17) is 23.7 Å². The summed E-state index contributed by atoms with van der Waals surface area (Å²) in [5.74, 6) is 4.63. The van der Waals surface area contributed by atoms with Gasteiger partial charge in [-0.2, -0.15) is 0 Å². The summed E-state index contributed by atoms with van der Waals surface area (Å²) in [5, 5.41) is 14.4. The first-order valence-electron chi connectivity index (χ1n) is 14.9. The van der Waals surface area contributed by atoms with Crippen LogP contribution in [0.15, 0.2) is 60.7 Å². The topological polar surface area (TPSA) is 81.7 Å². The van der Waals surface area contributed by atoms with E-state index in [1.807, 2.05) is 24.3 Å². The molecule has 2 N–H and O–H groups in total. The van der Waals surface area contributed by atoms with Gasteiger partial charge >= 0.3 is 0 Å². The molecule has 0 aromatic heterocycles. The highest BCUT2D eigenvalue weighted by molar-refractivity contribution is 5.64. The zero-order chi connectivity index (χ0) is 29.1. The van der Waals surface area contributed by atoms with Gasteiger partial charge in [0.25, 0.3) is 0 Å². The van der Waals surface area contributed by atoms with Crippen molar-refractivity contribution in [3.8, 4) is 46.0 Å². The third-order valence-corrected chi connectivity index (χ3v) is 9.18. The molecule has 5 aliphatic rings. The molecule has 4 aromatic carbocycles. The molecule has 5 aliphatic heterocycles. The lowest BCUT2D eigenvalue weighted by atomic mass is 9.88. The van der Waals surface area contributed by atoms with Gasteiger partial charge in [-0.05, 0) is 110 Å². The minimum atomic E-state index is 0.00197. The van der Waals surface area contributed by atoms with Crippen molar-refractivity contribution >= 4 is 0 Å². The van der Waals surface area contributed by atoms with E-state index in [-0.39, 0.29) is 24.6 Å². The lowest BCUT2D eigenvalue weighted by Gasteiger charge is -2.35. The summed E-state index contributed by atoms with van der Waals surface area (Å²) in [6, 6.07) is 20.2. The van der Waals surface area contributed by atoms with Gasteiger partial charge < -0.3 is 34.1 Å². The average Bonchev–Trinajstić information content (AvgIpc) is 3.49. The van der Waals surface area contributed by atoms with E-state index in [9.17, 15) is 5.11 Å². The number of aromatic hydroxyl groups is 1. The Labute approximate surface area is 250 Å². The maximum atomic E-state index is 10.6. The second-order valence-corrected chi connectivity index (χ2v) is 11.8. The van der Waals surface area contributed by atoms with Crippen LogP contribution in [0.5, 0.6) is 46.0 Å². The van der Waals surface area contributed by atoms with Gasteiger partial charge in [-0.3, -0.25) is 4.90 Å². The first-order valence-corrected chi connectivity index (χ1v) is 14.9. The molecule has 9 rings (SSSR count). The number of likely N-dealkylation sites (N-methyl/N-ethyl adjacent to an activating group) is 1. The fourth-order valence-electron chi connectivity index (χ4n) is 6.92. The number of hydrogen-bond acceptors (Lipinski definition) is 8. The summed E-state index contributed by atoms with van der Waals surface area (Å²) in [6.07, 6.45) is 3.26. The molecule has 0 amide bonds. The Morgan fingerprint density at radius 2 is 1.70 bits per heavy atom. The van der Waals surface area contributed by atoms with Crippen molar-refractivity contribution in [3.63, 3.8) is 0 Å². The van der Waals surface area contributed by atoms with Gasteiger partial charge in [-0.15, -0.1) is 0 Å². The summed E-state index contributed by atoms with van der Waals surface area (Å²) in [6.45, 7) is 1.94. The van der Waals surface area contributed by atoms with Crippen LogP contribution < -0.4 is 29.0 Å². The summed E-state index contributed by atoms with van der Waals surface area (Å²) < 4.78 is 30.9. The Bertz CT molecular complexity index is 1720. The normalized spacial score (nSPS) is 20.3. The van der Waals surface area contributed by atoms with Gasteiger partial charge in [0.2, 0.25) is 12.5 Å². The molecule has 0 saturated carbocycles. The molecule has 2 atom stereocenters. The van der Waals surface area contributed by atoms with Gasteiger partial charge in [0.15, 0.2) is 34.5 Å². The molecule has 43 heavy (non-hydrogen) atoms. The molecule has 0 fully saturated rings. The number of nitrogens with zero attached hydrogens (tertiary/aromatic N) is 1. The van der Waals surface area contributed by atoms with Gasteiger partial charge in [-0.25, -0.2) is 0 Å². The molecule has 6 bridgehead atoms. The largest absolute Gasteiger partial charge is 0.504 e.